The molecule has 9 aromatic carbocycles. The minimum absolute atomic E-state index is 0.622. The van der Waals surface area contributed by atoms with Crippen LogP contribution in [0.15, 0.2) is 212 Å². The zero-order valence-electron chi connectivity index (χ0n) is 32.4. The van der Waals surface area contributed by atoms with Crippen LogP contribution in [0.5, 0.6) is 0 Å². The monoisotopic (exact) mass is 765 g/mol. The summed E-state index contributed by atoms with van der Waals surface area (Å²) in [5.41, 5.74) is 12.0. The molecule has 0 saturated heterocycles. The highest BCUT2D eigenvalue weighted by Crippen LogP contribution is 2.44. The summed E-state index contributed by atoms with van der Waals surface area (Å²) in [5, 5.41) is 7.25. The molecule has 3 aromatic heterocycles. The standard InChI is InChI=1S/C55H35N5/c1-4-17-36(18-5-1)53-56-54(37-19-6-2-7-20-37)58-55(57-53)40-22-16-25-42(33-40)60-49-30-15-13-28-45(49)47-34-38-21-10-11-26-43(38)51(52(47)60)39-31-32-50-46(35-39)44-27-12-14-29-48(44)59(50)41-23-8-3-9-24-41/h1-35H. The van der Waals surface area contributed by atoms with Gasteiger partial charge in [-0.15, -0.1) is 0 Å². The summed E-state index contributed by atoms with van der Waals surface area (Å²) in [5.74, 6) is 1.90. The summed E-state index contributed by atoms with van der Waals surface area (Å²) in [4.78, 5) is 15.2. The summed E-state index contributed by atoms with van der Waals surface area (Å²) >= 11 is 0. The lowest BCUT2D eigenvalue weighted by Crippen LogP contribution is -2.01. The molecule has 0 aliphatic rings. The first-order chi connectivity index (χ1) is 29.8. The Morgan fingerprint density at radius 1 is 0.283 bits per heavy atom. The number of hydrogen-bond acceptors (Lipinski definition) is 3. The maximum Gasteiger partial charge on any atom is 0.164 e. The third-order valence-corrected chi connectivity index (χ3v) is 11.7. The average molecular weight is 766 g/mol. The van der Waals surface area contributed by atoms with Gasteiger partial charge < -0.3 is 9.13 Å². The van der Waals surface area contributed by atoms with E-state index in [0.29, 0.717) is 17.5 Å². The molecule has 0 radical (unpaired) electrons. The van der Waals surface area contributed by atoms with E-state index in [-0.39, 0.29) is 0 Å². The molecule has 5 heteroatoms. The van der Waals surface area contributed by atoms with Crippen molar-refractivity contribution in [2.75, 3.05) is 0 Å². The Kier molecular flexibility index (Phi) is 7.78. The fourth-order valence-corrected chi connectivity index (χ4v) is 9.06. The van der Waals surface area contributed by atoms with Gasteiger partial charge in [-0.3, -0.25) is 0 Å². The molecule has 60 heavy (non-hydrogen) atoms. The van der Waals surface area contributed by atoms with Gasteiger partial charge in [-0.05, 0) is 70.9 Å². The van der Waals surface area contributed by atoms with Crippen LogP contribution < -0.4 is 0 Å². The molecule has 0 atom stereocenters. The second-order valence-corrected chi connectivity index (χ2v) is 15.2. The lowest BCUT2D eigenvalue weighted by Gasteiger charge is -2.16. The van der Waals surface area contributed by atoms with Crippen LogP contribution in [-0.4, -0.2) is 24.1 Å². The highest BCUT2D eigenvalue weighted by Gasteiger charge is 2.22. The minimum Gasteiger partial charge on any atom is -0.309 e. The number of aromatic nitrogens is 5. The van der Waals surface area contributed by atoms with Gasteiger partial charge in [0.2, 0.25) is 0 Å². The Morgan fingerprint density at radius 3 is 1.47 bits per heavy atom. The van der Waals surface area contributed by atoms with E-state index < -0.39 is 0 Å². The van der Waals surface area contributed by atoms with Crippen molar-refractivity contribution in [2.24, 2.45) is 0 Å². The largest absolute Gasteiger partial charge is 0.309 e. The lowest BCUT2D eigenvalue weighted by atomic mass is 9.93. The first-order valence-corrected chi connectivity index (χ1v) is 20.3. The van der Waals surface area contributed by atoms with Crippen molar-refractivity contribution in [3.8, 4) is 56.7 Å². The Hall–Kier alpha value is -8.15. The molecule has 0 aliphatic heterocycles. The molecule has 5 nitrogen and oxygen atoms in total. The van der Waals surface area contributed by atoms with Gasteiger partial charge >= 0.3 is 0 Å². The van der Waals surface area contributed by atoms with Crippen LogP contribution >= 0.6 is 0 Å². The zero-order valence-corrected chi connectivity index (χ0v) is 32.4. The van der Waals surface area contributed by atoms with E-state index in [1.165, 1.54) is 48.9 Å². The van der Waals surface area contributed by atoms with Gasteiger partial charge in [0.1, 0.15) is 0 Å². The summed E-state index contributed by atoms with van der Waals surface area (Å²) in [6, 6.07) is 75.2. The maximum absolute atomic E-state index is 5.10. The first kappa shape index (κ1) is 33.9. The number of hydrogen-bond donors (Lipinski definition) is 0. The molecular weight excluding hydrogens is 731 g/mol. The molecule has 0 amide bonds. The number of para-hydroxylation sites is 3. The Balaban J connectivity index is 1.12. The summed E-state index contributed by atoms with van der Waals surface area (Å²) in [7, 11) is 0. The Bertz CT molecular complexity index is 3530. The smallest absolute Gasteiger partial charge is 0.164 e. The van der Waals surface area contributed by atoms with Gasteiger partial charge in [0, 0.05) is 55.2 Å². The third-order valence-electron chi connectivity index (χ3n) is 11.7. The number of benzene rings is 9. The minimum atomic E-state index is 0.622. The van der Waals surface area contributed by atoms with Gasteiger partial charge in [0.05, 0.1) is 22.1 Å². The summed E-state index contributed by atoms with van der Waals surface area (Å²) in [6.45, 7) is 0. The van der Waals surface area contributed by atoms with Crippen LogP contribution in [0.3, 0.4) is 0 Å². The molecule has 0 aliphatic carbocycles. The van der Waals surface area contributed by atoms with E-state index in [0.717, 1.165) is 44.7 Å². The molecule has 0 unspecified atom stereocenters. The molecule has 3 heterocycles. The molecule has 0 spiro atoms. The van der Waals surface area contributed by atoms with Crippen LogP contribution in [0.4, 0.5) is 0 Å². The maximum atomic E-state index is 5.10. The molecule has 280 valence electrons. The second kappa shape index (κ2) is 13.8. The molecular formula is C55H35N5. The van der Waals surface area contributed by atoms with E-state index in [4.69, 9.17) is 15.0 Å². The molecule has 12 rings (SSSR count). The van der Waals surface area contributed by atoms with E-state index in [2.05, 4.69) is 161 Å². The van der Waals surface area contributed by atoms with Crippen LogP contribution in [0.1, 0.15) is 0 Å². The lowest BCUT2D eigenvalue weighted by molar-refractivity contribution is 1.07. The van der Waals surface area contributed by atoms with Crippen molar-refractivity contribution < 1.29 is 0 Å². The number of rotatable bonds is 6. The quantitative estimate of drug-likeness (QED) is 0.169. The zero-order chi connectivity index (χ0) is 39.6. The van der Waals surface area contributed by atoms with Crippen LogP contribution in [0.2, 0.25) is 0 Å². The van der Waals surface area contributed by atoms with Gasteiger partial charge in [0.25, 0.3) is 0 Å². The molecule has 0 bridgehead atoms. The van der Waals surface area contributed by atoms with Crippen molar-refractivity contribution in [2.45, 2.75) is 0 Å². The fraction of sp³-hybridized carbons (Fsp3) is 0. The van der Waals surface area contributed by atoms with Crippen LogP contribution in [0, 0.1) is 0 Å². The van der Waals surface area contributed by atoms with Crippen molar-refractivity contribution in [3.05, 3.63) is 212 Å². The van der Waals surface area contributed by atoms with Gasteiger partial charge in [0.15, 0.2) is 17.5 Å². The molecule has 0 N–H and O–H groups in total. The predicted molar refractivity (Wildman–Crippen MR) is 248 cm³/mol. The fourth-order valence-electron chi connectivity index (χ4n) is 9.06. The van der Waals surface area contributed by atoms with Crippen molar-refractivity contribution in [1.29, 1.82) is 0 Å². The summed E-state index contributed by atoms with van der Waals surface area (Å²) in [6.07, 6.45) is 0. The molecule has 0 fully saturated rings. The van der Waals surface area contributed by atoms with Gasteiger partial charge in [-0.25, -0.2) is 15.0 Å². The number of nitrogens with zero attached hydrogens (tertiary/aromatic N) is 5. The molecule has 12 aromatic rings. The second-order valence-electron chi connectivity index (χ2n) is 15.2. The molecule has 0 saturated carbocycles. The SMILES string of the molecule is c1ccc(-c2nc(-c3ccccc3)nc(-c3cccc(-n4c5ccccc5c5cc6ccccc6c(-c6ccc7c(c6)c6ccccc6n7-c6ccccc6)c54)c3)n2)cc1. The van der Waals surface area contributed by atoms with E-state index >= 15 is 0 Å². The Morgan fingerprint density at radius 2 is 0.783 bits per heavy atom. The summed E-state index contributed by atoms with van der Waals surface area (Å²) < 4.78 is 4.81. The highest BCUT2D eigenvalue weighted by molar-refractivity contribution is 6.22. The first-order valence-electron chi connectivity index (χ1n) is 20.3. The average Bonchev–Trinajstić information content (AvgIpc) is 3.84. The van der Waals surface area contributed by atoms with Crippen molar-refractivity contribution in [3.63, 3.8) is 0 Å². The van der Waals surface area contributed by atoms with Crippen LogP contribution in [0.25, 0.3) is 111 Å². The third kappa shape index (κ3) is 5.44. The number of fused-ring (bicyclic) bond motifs is 7. The predicted octanol–water partition coefficient (Wildman–Crippen LogP) is 13.9. The van der Waals surface area contributed by atoms with Crippen LogP contribution in [-0.2, 0) is 0 Å². The van der Waals surface area contributed by atoms with E-state index in [1.54, 1.807) is 0 Å². The van der Waals surface area contributed by atoms with Gasteiger partial charge in [-0.2, -0.15) is 0 Å². The Labute approximate surface area is 346 Å². The topological polar surface area (TPSA) is 48.5 Å². The van der Waals surface area contributed by atoms with Crippen molar-refractivity contribution >= 4 is 54.4 Å². The normalized spacial score (nSPS) is 11.7. The van der Waals surface area contributed by atoms with E-state index in [1.807, 2.05) is 60.7 Å². The highest BCUT2D eigenvalue weighted by atomic mass is 15.0. The van der Waals surface area contributed by atoms with Gasteiger partial charge in [-0.1, -0.05) is 158 Å². The van der Waals surface area contributed by atoms with E-state index in [9.17, 15) is 0 Å². The van der Waals surface area contributed by atoms with Crippen molar-refractivity contribution in [1.82, 2.24) is 24.1 Å².